The summed E-state index contributed by atoms with van der Waals surface area (Å²) in [6, 6.07) is 4.93. The van der Waals surface area contributed by atoms with Crippen LogP contribution in [0, 0.1) is 24.1 Å². The van der Waals surface area contributed by atoms with Crippen LogP contribution in [0.5, 0.6) is 0 Å². The van der Waals surface area contributed by atoms with Crippen molar-refractivity contribution in [2.24, 2.45) is 5.92 Å². The van der Waals surface area contributed by atoms with Crippen LogP contribution in [-0.2, 0) is 17.1 Å². The minimum atomic E-state index is -5.02. The van der Waals surface area contributed by atoms with E-state index in [1.54, 1.807) is 6.92 Å². The van der Waals surface area contributed by atoms with Crippen LogP contribution in [0.1, 0.15) is 36.1 Å². The fourth-order valence-corrected chi connectivity index (χ4v) is 3.39. The molecular weight excluding hydrogens is 517 g/mol. The van der Waals surface area contributed by atoms with Gasteiger partial charge in [-0.2, -0.15) is 26.3 Å². The van der Waals surface area contributed by atoms with Crippen molar-refractivity contribution in [2.75, 3.05) is 17.7 Å². The molecule has 204 valence electrons. The molecule has 0 saturated carbocycles. The van der Waals surface area contributed by atoms with E-state index in [-0.39, 0.29) is 34.6 Å². The number of benzene rings is 2. The van der Waals surface area contributed by atoms with Crippen molar-refractivity contribution in [3.63, 3.8) is 0 Å². The second kappa shape index (κ2) is 11.6. The smallest absolute Gasteiger partial charge is 0.383 e. The number of carbonyl (C=O) groups is 1. The molecule has 0 radical (unpaired) electrons. The summed E-state index contributed by atoms with van der Waals surface area (Å²) >= 11 is 0. The quantitative estimate of drug-likeness (QED) is 0.200. The zero-order valence-corrected chi connectivity index (χ0v) is 20.8. The number of aryl methyl sites for hydroxylation is 1. The summed E-state index contributed by atoms with van der Waals surface area (Å²) in [6.07, 6.45) is -7.08. The standard InChI is InChI=1S/C22H17F7N4.C4H8O/c1-11-5-14(23)3-4-16(11)19-17(9-30)20(31)32-10-18(19)33(2)15-7-12(21(24,25)26)6-13(8-15)22(27,28)29;1-4(2)3-5/h3-10,30H,1-2H3,(H2,31,32);3-4H,1-2H3. The minimum absolute atomic E-state index is 0.0343. The molecule has 0 amide bonds. The molecule has 3 aromatic rings. The fraction of sp³-hybridized carbons (Fsp3) is 0.269. The molecule has 0 aliphatic heterocycles. The molecule has 12 heteroatoms. The molecule has 3 rings (SSSR count). The van der Waals surface area contributed by atoms with Gasteiger partial charge in [0.25, 0.3) is 0 Å². The third kappa shape index (κ3) is 7.08. The third-order valence-electron chi connectivity index (χ3n) is 5.32. The molecule has 38 heavy (non-hydrogen) atoms. The molecule has 5 nitrogen and oxygen atoms in total. The molecule has 0 aliphatic rings. The maximum absolute atomic E-state index is 13.7. The highest BCUT2D eigenvalue weighted by molar-refractivity contribution is 6.00. The Morgan fingerprint density at radius 2 is 1.53 bits per heavy atom. The van der Waals surface area contributed by atoms with E-state index >= 15 is 0 Å². The first-order valence-electron chi connectivity index (χ1n) is 11.0. The lowest BCUT2D eigenvalue weighted by Gasteiger charge is -2.26. The molecule has 3 N–H and O–H groups in total. The Bertz CT molecular complexity index is 1290. The van der Waals surface area contributed by atoms with Crippen molar-refractivity contribution in [2.45, 2.75) is 33.1 Å². The molecule has 0 unspecified atom stereocenters. The van der Waals surface area contributed by atoms with Crippen molar-refractivity contribution in [3.05, 3.63) is 70.7 Å². The minimum Gasteiger partial charge on any atom is -0.383 e. The number of nitrogens with one attached hydrogen (secondary N) is 1. The first-order valence-corrected chi connectivity index (χ1v) is 11.0. The van der Waals surface area contributed by atoms with Crippen LogP contribution >= 0.6 is 0 Å². The lowest BCUT2D eigenvalue weighted by atomic mass is 9.94. The molecule has 0 fully saturated rings. The van der Waals surface area contributed by atoms with E-state index in [4.69, 9.17) is 11.1 Å². The summed E-state index contributed by atoms with van der Waals surface area (Å²) in [5.74, 6) is -0.423. The van der Waals surface area contributed by atoms with E-state index in [0.29, 0.717) is 23.3 Å². The highest BCUT2D eigenvalue weighted by Crippen LogP contribution is 2.43. The Morgan fingerprint density at radius 1 is 1.00 bits per heavy atom. The Morgan fingerprint density at radius 3 is 1.95 bits per heavy atom. The second-order valence-electron chi connectivity index (χ2n) is 8.62. The van der Waals surface area contributed by atoms with Crippen LogP contribution in [0.4, 0.5) is 47.9 Å². The maximum atomic E-state index is 13.7. The van der Waals surface area contributed by atoms with E-state index in [1.165, 1.54) is 25.4 Å². The summed E-state index contributed by atoms with van der Waals surface area (Å²) in [4.78, 5) is 14.5. The maximum Gasteiger partial charge on any atom is 0.416 e. The molecule has 0 spiro atoms. The van der Waals surface area contributed by atoms with Gasteiger partial charge < -0.3 is 20.8 Å². The summed E-state index contributed by atoms with van der Waals surface area (Å²) in [5, 5.41) is 7.73. The van der Waals surface area contributed by atoms with E-state index < -0.39 is 35.0 Å². The number of aromatic nitrogens is 1. The number of rotatable bonds is 5. The lowest BCUT2D eigenvalue weighted by molar-refractivity contribution is -0.143. The summed E-state index contributed by atoms with van der Waals surface area (Å²) in [5.41, 5.74) is 3.66. The second-order valence-corrected chi connectivity index (χ2v) is 8.62. The summed E-state index contributed by atoms with van der Waals surface area (Å²) in [7, 11) is 1.26. The number of pyridine rings is 1. The first-order chi connectivity index (χ1) is 17.5. The predicted octanol–water partition coefficient (Wildman–Crippen LogP) is 7.42. The Hall–Kier alpha value is -3.96. The molecule has 0 bridgehead atoms. The number of alkyl halides is 6. The normalized spacial score (nSPS) is 11.6. The fourth-order valence-electron chi connectivity index (χ4n) is 3.39. The lowest BCUT2D eigenvalue weighted by Crippen LogP contribution is -2.17. The van der Waals surface area contributed by atoms with E-state index in [2.05, 4.69) is 4.98 Å². The van der Waals surface area contributed by atoms with Gasteiger partial charge in [-0.05, 0) is 48.4 Å². The molecule has 1 aromatic heterocycles. The Labute approximate surface area is 214 Å². The number of aldehydes is 1. The van der Waals surface area contributed by atoms with Crippen LogP contribution < -0.4 is 10.6 Å². The summed E-state index contributed by atoms with van der Waals surface area (Å²) < 4.78 is 93.6. The van der Waals surface area contributed by atoms with Crippen molar-refractivity contribution in [1.82, 2.24) is 4.98 Å². The van der Waals surface area contributed by atoms with Gasteiger partial charge in [0.2, 0.25) is 0 Å². The highest BCUT2D eigenvalue weighted by atomic mass is 19.4. The van der Waals surface area contributed by atoms with Crippen LogP contribution in [0.25, 0.3) is 11.1 Å². The largest absolute Gasteiger partial charge is 0.416 e. The van der Waals surface area contributed by atoms with Crippen LogP contribution in [0.15, 0.2) is 42.6 Å². The van der Waals surface area contributed by atoms with Crippen LogP contribution in [0.3, 0.4) is 0 Å². The molecule has 0 saturated heterocycles. The van der Waals surface area contributed by atoms with E-state index in [9.17, 15) is 35.5 Å². The van der Waals surface area contributed by atoms with Crippen molar-refractivity contribution < 1.29 is 35.5 Å². The van der Waals surface area contributed by atoms with Crippen LogP contribution in [-0.4, -0.2) is 24.5 Å². The van der Waals surface area contributed by atoms with Gasteiger partial charge in [-0.1, -0.05) is 19.9 Å². The van der Waals surface area contributed by atoms with Gasteiger partial charge in [0.05, 0.1) is 23.0 Å². The highest BCUT2D eigenvalue weighted by Gasteiger charge is 2.37. The van der Waals surface area contributed by atoms with E-state index in [1.807, 2.05) is 13.8 Å². The number of nitrogens with zero attached hydrogens (tertiary/aromatic N) is 2. The number of nitrogens with two attached hydrogens (primary N) is 1. The van der Waals surface area contributed by atoms with Crippen LogP contribution in [0.2, 0.25) is 0 Å². The van der Waals surface area contributed by atoms with Gasteiger partial charge in [0.15, 0.2) is 0 Å². The summed E-state index contributed by atoms with van der Waals surface area (Å²) in [6.45, 7) is 5.28. The topological polar surface area (TPSA) is 83.1 Å². The monoisotopic (exact) mass is 542 g/mol. The van der Waals surface area contributed by atoms with Gasteiger partial charge >= 0.3 is 12.4 Å². The molecular formula is C26H25F7N4O. The first kappa shape index (κ1) is 30.3. The van der Waals surface area contributed by atoms with Gasteiger partial charge in [-0.15, -0.1) is 0 Å². The molecule has 1 heterocycles. The molecule has 0 aliphatic carbocycles. The molecule has 2 aromatic carbocycles. The van der Waals surface area contributed by atoms with E-state index in [0.717, 1.165) is 23.5 Å². The van der Waals surface area contributed by atoms with Crippen molar-refractivity contribution in [3.8, 4) is 11.1 Å². The Balaban J connectivity index is 0.000000926. The number of hydrogen-bond donors (Lipinski definition) is 2. The predicted molar refractivity (Wildman–Crippen MR) is 132 cm³/mol. The van der Waals surface area contributed by atoms with Gasteiger partial charge in [0, 0.05) is 36.0 Å². The van der Waals surface area contributed by atoms with Crippen molar-refractivity contribution >= 4 is 29.7 Å². The number of halogens is 7. The number of nitrogen functional groups attached to an aromatic ring is 1. The third-order valence-corrected chi connectivity index (χ3v) is 5.32. The average Bonchev–Trinajstić information content (AvgIpc) is 2.82. The number of hydrogen-bond acceptors (Lipinski definition) is 5. The molecule has 0 atom stereocenters. The van der Waals surface area contributed by atoms with Gasteiger partial charge in [-0.25, -0.2) is 9.37 Å². The SMILES string of the molecule is CC(C)C=O.Cc1cc(F)ccc1-c1c(N(C)c2cc(C(F)(F)F)cc(C(F)(F)F)c2)cnc(N)c1C=N. The number of anilines is 3. The zero-order valence-electron chi connectivity index (χ0n) is 20.8. The van der Waals surface area contributed by atoms with Gasteiger partial charge in [0.1, 0.15) is 17.9 Å². The van der Waals surface area contributed by atoms with Crippen molar-refractivity contribution in [1.29, 1.82) is 5.41 Å². The number of carbonyl (C=O) groups excluding carboxylic acids is 1. The average molecular weight is 542 g/mol. The zero-order chi connectivity index (χ0) is 29.0. The Kier molecular flexibility index (Phi) is 9.25. The van der Waals surface area contributed by atoms with Gasteiger partial charge in [-0.3, -0.25) is 0 Å².